The first-order chi connectivity index (χ1) is 15.2. The van der Waals surface area contributed by atoms with Gasteiger partial charge in [0.25, 0.3) is 0 Å². The van der Waals surface area contributed by atoms with Crippen molar-refractivity contribution in [3.05, 3.63) is 12.2 Å². The van der Waals surface area contributed by atoms with Crippen molar-refractivity contribution < 1.29 is 9.59 Å². The van der Waals surface area contributed by atoms with Crippen molar-refractivity contribution in [3.8, 4) is 0 Å². The number of hydrogen-bond acceptors (Lipinski definition) is 2. The van der Waals surface area contributed by atoms with Gasteiger partial charge >= 0.3 is 0 Å². The third-order valence-corrected chi connectivity index (χ3v) is 13.7. The summed E-state index contributed by atoms with van der Waals surface area (Å²) in [6, 6.07) is 0. The quantitative estimate of drug-likeness (QED) is 0.397. The van der Waals surface area contributed by atoms with Crippen LogP contribution in [0, 0.1) is 50.2 Å². The molecule has 2 nitrogen and oxygen atoms in total. The second-order valence-electron chi connectivity index (χ2n) is 14.6. The van der Waals surface area contributed by atoms with E-state index in [1.54, 1.807) is 0 Å². The Labute approximate surface area is 202 Å². The van der Waals surface area contributed by atoms with Gasteiger partial charge in [0.05, 0.1) is 0 Å². The van der Waals surface area contributed by atoms with Crippen LogP contribution in [0.25, 0.3) is 0 Å². The van der Waals surface area contributed by atoms with Crippen molar-refractivity contribution in [2.24, 2.45) is 50.2 Å². The summed E-state index contributed by atoms with van der Waals surface area (Å²) in [6.07, 6.45) is 12.6. The number of fused-ring (bicyclic) bond motifs is 2. The lowest BCUT2D eigenvalue weighted by Crippen LogP contribution is -2.60. The largest absolute Gasteiger partial charge is 0.299 e. The first kappa shape index (κ1) is 23.8. The van der Waals surface area contributed by atoms with Gasteiger partial charge in [0.2, 0.25) is 0 Å². The highest BCUT2D eigenvalue weighted by molar-refractivity contribution is 5.86. The molecule has 0 heterocycles. The van der Waals surface area contributed by atoms with Crippen molar-refractivity contribution in [1.29, 1.82) is 0 Å². The topological polar surface area (TPSA) is 34.1 Å². The predicted octanol–water partition coefficient (Wildman–Crippen LogP) is 7.95. The summed E-state index contributed by atoms with van der Waals surface area (Å²) in [7, 11) is 0. The Balaban J connectivity index is 1.43. The summed E-state index contributed by atoms with van der Waals surface area (Å²) >= 11 is 0. The lowest BCUT2D eigenvalue weighted by atomic mass is 9.38. The van der Waals surface area contributed by atoms with E-state index in [4.69, 9.17) is 0 Å². The van der Waals surface area contributed by atoms with E-state index in [-0.39, 0.29) is 16.7 Å². The number of hydrogen-bond donors (Lipinski definition) is 0. The highest BCUT2D eigenvalue weighted by Gasteiger charge is 2.85. The van der Waals surface area contributed by atoms with Gasteiger partial charge in [0.1, 0.15) is 11.6 Å². The van der Waals surface area contributed by atoms with Crippen LogP contribution in [0.2, 0.25) is 0 Å². The van der Waals surface area contributed by atoms with Crippen LogP contribution in [0.4, 0.5) is 0 Å². The second kappa shape index (κ2) is 6.85. The van der Waals surface area contributed by atoms with Crippen LogP contribution in [-0.2, 0) is 9.59 Å². The molecule has 0 aromatic carbocycles. The lowest BCUT2D eigenvalue weighted by molar-refractivity contribution is -0.178. The van der Waals surface area contributed by atoms with E-state index in [9.17, 15) is 9.59 Å². The van der Waals surface area contributed by atoms with Crippen molar-refractivity contribution in [2.45, 2.75) is 119 Å². The summed E-state index contributed by atoms with van der Waals surface area (Å²) in [5.74, 6) is 2.37. The summed E-state index contributed by atoms with van der Waals surface area (Å²) in [4.78, 5) is 25.3. The maximum Gasteiger partial charge on any atom is 0.139 e. The molecule has 0 N–H and O–H groups in total. The molecule has 7 atom stereocenters. The third-order valence-electron chi connectivity index (χ3n) is 13.7. The molecular weight excluding hydrogens is 404 g/mol. The van der Waals surface area contributed by atoms with E-state index < -0.39 is 0 Å². The molecule has 0 aliphatic heterocycles. The van der Waals surface area contributed by atoms with Gasteiger partial charge in [-0.1, -0.05) is 60.6 Å². The average molecular weight is 453 g/mol. The average Bonchev–Trinajstić information content (AvgIpc) is 3.34. The number of carbonyl (C=O) groups is 2. The normalized spacial score (nSPS) is 49.6. The zero-order chi connectivity index (χ0) is 24.2. The fourth-order valence-electron chi connectivity index (χ4n) is 10.9. The van der Waals surface area contributed by atoms with Crippen LogP contribution in [0.3, 0.4) is 0 Å². The molecule has 5 aliphatic rings. The Morgan fingerprint density at radius 2 is 1.64 bits per heavy atom. The summed E-state index contributed by atoms with van der Waals surface area (Å²) in [5.41, 5.74) is 2.85. The maximum atomic E-state index is 13.0. The molecule has 0 saturated heterocycles. The smallest absolute Gasteiger partial charge is 0.139 e. The highest BCUT2D eigenvalue weighted by Crippen LogP contribution is 2.91. The molecule has 5 fully saturated rings. The Morgan fingerprint density at radius 1 is 0.939 bits per heavy atom. The lowest BCUT2D eigenvalue weighted by Gasteiger charge is -2.65. The standard InChI is InChI=1S/C31H48O2/c1-20(2)23(32)10-9-21(3)22-11-14-28(7)24-12-15-29(8)26(4,5)25(33)13-16-31(29)19-30(24,31)18-17-27(22,28)6/h20,22,24H,3,9-19H2,1-2,4-8H3. The molecule has 0 aromatic rings. The number of Topliss-reactive ketones (excluding diaryl/α,β-unsaturated/α-hetero) is 2. The minimum atomic E-state index is -0.184. The highest BCUT2D eigenvalue weighted by atomic mass is 16.1. The minimum Gasteiger partial charge on any atom is -0.299 e. The van der Waals surface area contributed by atoms with Crippen LogP contribution >= 0.6 is 0 Å². The maximum absolute atomic E-state index is 13.0. The molecular formula is C31H48O2. The van der Waals surface area contributed by atoms with Gasteiger partial charge in [-0.2, -0.15) is 0 Å². The molecule has 2 heteroatoms. The molecule has 7 unspecified atom stereocenters. The Hall–Kier alpha value is -0.920. The molecule has 0 amide bonds. The van der Waals surface area contributed by atoms with Crippen molar-refractivity contribution in [2.75, 3.05) is 0 Å². The SMILES string of the molecule is C=C(CCC(=O)C(C)C)C1CCC2(C)C3CCC4(C)C(C)(C)C(=O)CCC45CC35CCC12C. The number of carbonyl (C=O) groups excluding carboxylic acids is 2. The Kier molecular flexibility index (Phi) is 4.94. The fraction of sp³-hybridized carbons (Fsp3) is 0.871. The van der Waals surface area contributed by atoms with Gasteiger partial charge in [-0.3, -0.25) is 9.59 Å². The molecule has 5 rings (SSSR count). The number of allylic oxidation sites excluding steroid dienone is 1. The van der Waals surface area contributed by atoms with Gasteiger partial charge in [-0.05, 0) is 96.7 Å². The van der Waals surface area contributed by atoms with Gasteiger partial charge in [-0.15, -0.1) is 0 Å². The van der Waals surface area contributed by atoms with Crippen LogP contribution in [-0.4, -0.2) is 11.6 Å². The van der Waals surface area contributed by atoms with Gasteiger partial charge in [0, 0.05) is 24.2 Å². The third kappa shape index (κ3) is 2.57. The van der Waals surface area contributed by atoms with E-state index in [1.165, 1.54) is 50.5 Å². The first-order valence-electron chi connectivity index (χ1n) is 14.0. The molecule has 5 aliphatic carbocycles. The first-order valence-corrected chi connectivity index (χ1v) is 14.0. The Morgan fingerprint density at radius 3 is 2.30 bits per heavy atom. The van der Waals surface area contributed by atoms with Crippen molar-refractivity contribution in [1.82, 2.24) is 0 Å². The predicted molar refractivity (Wildman–Crippen MR) is 135 cm³/mol. The molecule has 184 valence electrons. The Bertz CT molecular complexity index is 912. The summed E-state index contributed by atoms with van der Waals surface area (Å²) in [5, 5.41) is 0. The number of ketones is 2. The van der Waals surface area contributed by atoms with Crippen LogP contribution in [0.15, 0.2) is 12.2 Å². The van der Waals surface area contributed by atoms with Gasteiger partial charge < -0.3 is 0 Å². The number of rotatable bonds is 5. The van der Waals surface area contributed by atoms with E-state index >= 15 is 0 Å². The van der Waals surface area contributed by atoms with E-state index in [2.05, 4.69) is 41.2 Å². The second-order valence-corrected chi connectivity index (χ2v) is 14.6. The zero-order valence-electron chi connectivity index (χ0n) is 22.5. The van der Waals surface area contributed by atoms with Crippen LogP contribution in [0.5, 0.6) is 0 Å². The minimum absolute atomic E-state index is 0.131. The van der Waals surface area contributed by atoms with Crippen LogP contribution < -0.4 is 0 Å². The summed E-state index contributed by atoms with van der Waals surface area (Å²) in [6.45, 7) is 20.9. The van der Waals surface area contributed by atoms with E-state index in [1.807, 2.05) is 13.8 Å². The molecule has 33 heavy (non-hydrogen) atoms. The zero-order valence-corrected chi connectivity index (χ0v) is 22.5. The fourth-order valence-corrected chi connectivity index (χ4v) is 10.9. The molecule has 0 aromatic heterocycles. The molecule has 2 spiro atoms. The van der Waals surface area contributed by atoms with Crippen LogP contribution in [0.1, 0.15) is 119 Å². The molecule has 0 radical (unpaired) electrons. The van der Waals surface area contributed by atoms with Gasteiger partial charge in [0.15, 0.2) is 0 Å². The van der Waals surface area contributed by atoms with Crippen molar-refractivity contribution >= 4 is 11.6 Å². The van der Waals surface area contributed by atoms with E-state index in [0.29, 0.717) is 45.6 Å². The van der Waals surface area contributed by atoms with E-state index in [0.717, 1.165) is 25.2 Å². The monoisotopic (exact) mass is 452 g/mol. The molecule has 0 bridgehead atoms. The molecule has 5 saturated carbocycles. The van der Waals surface area contributed by atoms with Gasteiger partial charge in [-0.25, -0.2) is 0 Å². The van der Waals surface area contributed by atoms with Crippen molar-refractivity contribution in [3.63, 3.8) is 0 Å². The summed E-state index contributed by atoms with van der Waals surface area (Å²) < 4.78 is 0.